The van der Waals surface area contributed by atoms with Crippen LogP contribution in [0.3, 0.4) is 0 Å². The van der Waals surface area contributed by atoms with Crippen molar-refractivity contribution < 1.29 is 15.4 Å². The van der Waals surface area contributed by atoms with Crippen LogP contribution in [0, 0.1) is 19.1 Å². The van der Waals surface area contributed by atoms with Gasteiger partial charge in [-0.05, 0) is 76.9 Å². The van der Waals surface area contributed by atoms with Crippen molar-refractivity contribution in [1.82, 2.24) is 4.98 Å². The molecule has 2 nitrogen and oxygen atoms in total. The van der Waals surface area contributed by atoms with Crippen LogP contribution in [0.2, 0.25) is 0 Å². The fraction of sp³-hybridized carbons (Fsp3) is 0.206. The van der Waals surface area contributed by atoms with Crippen molar-refractivity contribution in [3.63, 3.8) is 0 Å². The summed E-state index contributed by atoms with van der Waals surface area (Å²) in [6, 6.07) is 23.7. The second kappa shape index (κ2) is 8.34. The number of benzene rings is 4. The predicted molar refractivity (Wildman–Crippen MR) is 153 cm³/mol. The van der Waals surface area contributed by atoms with Gasteiger partial charge in [0.2, 0.25) is 0 Å². The van der Waals surface area contributed by atoms with Gasteiger partial charge in [0.1, 0.15) is 11.2 Å². The molecular formula is C34H31NO. The lowest BCUT2D eigenvalue weighted by Crippen LogP contribution is -2.09. The summed E-state index contributed by atoms with van der Waals surface area (Å²) in [4.78, 5) is 4.54. The SMILES string of the molecule is [2H]C([2H])([2H])c1cnc(-c2cccc3c2oc2c4ccccc4ccc32)cc1-c1ccc(C([2H])([2H])C(C)(C)C)cc1C([2H])([2H])[2H]. The molecule has 36 heavy (non-hydrogen) atoms. The normalized spacial score (nSPS) is 16.5. The molecule has 0 saturated carbocycles. The van der Waals surface area contributed by atoms with Crippen molar-refractivity contribution in [2.24, 2.45) is 5.41 Å². The van der Waals surface area contributed by atoms with Gasteiger partial charge in [-0.25, -0.2) is 0 Å². The monoisotopic (exact) mass is 477 g/mol. The maximum atomic E-state index is 8.73. The first-order valence-corrected chi connectivity index (χ1v) is 12.0. The molecule has 4 aromatic carbocycles. The van der Waals surface area contributed by atoms with Gasteiger partial charge in [-0.1, -0.05) is 81.4 Å². The summed E-state index contributed by atoms with van der Waals surface area (Å²) in [5, 5.41) is 3.83. The lowest BCUT2D eigenvalue weighted by atomic mass is 9.86. The second-order valence-corrected chi connectivity index (χ2v) is 10.2. The standard InChI is InChI=1S/C34H31NO/c1-21-17-23(19-34(3,4)5)13-15-25(21)30-18-31(35-20-22(30)2)29-12-8-11-27-28-16-14-24-9-6-7-10-26(24)32(28)36-33(27)29/h6-18,20H,19H2,1-5H3/i1D3,2D3,19D2. The van der Waals surface area contributed by atoms with Crippen LogP contribution in [0.5, 0.6) is 0 Å². The van der Waals surface area contributed by atoms with E-state index in [4.69, 9.17) is 15.4 Å². The maximum absolute atomic E-state index is 8.73. The van der Waals surface area contributed by atoms with E-state index in [9.17, 15) is 0 Å². The van der Waals surface area contributed by atoms with Gasteiger partial charge < -0.3 is 4.42 Å². The fourth-order valence-corrected chi connectivity index (χ4v) is 4.84. The molecule has 0 aliphatic heterocycles. The topological polar surface area (TPSA) is 26.0 Å². The van der Waals surface area contributed by atoms with E-state index in [0.717, 1.165) is 27.1 Å². The molecule has 2 heteroatoms. The van der Waals surface area contributed by atoms with Crippen LogP contribution >= 0.6 is 0 Å². The molecule has 0 fully saturated rings. The molecule has 178 valence electrons. The quantitative estimate of drug-likeness (QED) is 0.253. The summed E-state index contributed by atoms with van der Waals surface area (Å²) in [6.45, 7) is 0.0161. The van der Waals surface area contributed by atoms with Gasteiger partial charge in [-0.2, -0.15) is 0 Å². The molecule has 6 aromatic rings. The molecule has 0 atom stereocenters. The maximum Gasteiger partial charge on any atom is 0.144 e. The minimum absolute atomic E-state index is 0.0962. The minimum Gasteiger partial charge on any atom is -0.455 e. The molecule has 2 heterocycles. The number of hydrogen-bond donors (Lipinski definition) is 0. The lowest BCUT2D eigenvalue weighted by Gasteiger charge is -2.19. The third-order valence-electron chi connectivity index (χ3n) is 6.40. The average molecular weight is 478 g/mol. The summed E-state index contributed by atoms with van der Waals surface area (Å²) in [5.41, 5.74) is 1.94. The van der Waals surface area contributed by atoms with Crippen LogP contribution < -0.4 is 0 Å². The molecular weight excluding hydrogens is 438 g/mol. The summed E-state index contributed by atoms with van der Waals surface area (Å²) in [5.74, 6) is 0. The van der Waals surface area contributed by atoms with Crippen LogP contribution in [0.15, 0.2) is 89.5 Å². The van der Waals surface area contributed by atoms with Crippen LogP contribution in [0.1, 0.15) is 48.4 Å². The number of aromatic nitrogens is 1. The Morgan fingerprint density at radius 3 is 2.39 bits per heavy atom. The third kappa shape index (κ3) is 3.87. The Hall–Kier alpha value is -3.91. The Morgan fingerprint density at radius 2 is 1.56 bits per heavy atom. The van der Waals surface area contributed by atoms with Crippen LogP contribution in [-0.4, -0.2) is 4.98 Å². The van der Waals surface area contributed by atoms with E-state index in [1.165, 1.54) is 18.3 Å². The Labute approximate surface area is 223 Å². The number of pyridine rings is 1. The Bertz CT molecular complexity index is 2060. The molecule has 0 N–H and O–H groups in total. The molecule has 0 spiro atoms. The summed E-state index contributed by atoms with van der Waals surface area (Å²) < 4.78 is 73.7. The van der Waals surface area contributed by atoms with Crippen molar-refractivity contribution in [3.05, 3.63) is 102 Å². The second-order valence-electron chi connectivity index (χ2n) is 10.2. The van der Waals surface area contributed by atoms with Crippen LogP contribution in [0.4, 0.5) is 0 Å². The minimum atomic E-state index is -2.64. The van der Waals surface area contributed by atoms with E-state index in [0.29, 0.717) is 16.8 Å². The van der Waals surface area contributed by atoms with Crippen molar-refractivity contribution in [2.45, 2.75) is 40.8 Å². The number of rotatable bonds is 3. The van der Waals surface area contributed by atoms with Crippen molar-refractivity contribution >= 4 is 32.7 Å². The van der Waals surface area contributed by atoms with E-state index < -0.39 is 25.5 Å². The summed E-state index contributed by atoms with van der Waals surface area (Å²) in [7, 11) is 0. The molecule has 6 rings (SSSR count). The highest BCUT2D eigenvalue weighted by Crippen LogP contribution is 2.39. The lowest BCUT2D eigenvalue weighted by molar-refractivity contribution is 0.411. The van der Waals surface area contributed by atoms with Gasteiger partial charge in [0.25, 0.3) is 0 Å². The van der Waals surface area contributed by atoms with Crippen molar-refractivity contribution in [3.8, 4) is 22.4 Å². The van der Waals surface area contributed by atoms with Crippen LogP contribution in [-0.2, 0) is 6.37 Å². The number of nitrogens with zero attached hydrogens (tertiary/aromatic N) is 1. The zero-order valence-corrected chi connectivity index (χ0v) is 20.4. The fourth-order valence-electron chi connectivity index (χ4n) is 4.84. The Balaban J connectivity index is 1.61. The summed E-state index contributed by atoms with van der Waals surface area (Å²) >= 11 is 0. The number of para-hydroxylation sites is 1. The molecule has 0 aliphatic carbocycles. The van der Waals surface area contributed by atoms with Gasteiger partial charge in [0, 0.05) is 38.9 Å². The largest absolute Gasteiger partial charge is 0.455 e. The Kier molecular flexibility index (Phi) is 3.54. The van der Waals surface area contributed by atoms with Gasteiger partial charge in [-0.15, -0.1) is 0 Å². The first-order valence-electron chi connectivity index (χ1n) is 16.0. The molecule has 0 saturated heterocycles. The van der Waals surface area contributed by atoms with E-state index in [1.807, 2.05) is 54.6 Å². The highest BCUT2D eigenvalue weighted by Gasteiger charge is 2.17. The van der Waals surface area contributed by atoms with E-state index in [1.54, 1.807) is 32.9 Å². The third-order valence-corrected chi connectivity index (χ3v) is 6.40. The first kappa shape index (κ1) is 15.3. The number of aryl methyl sites for hydroxylation is 2. The molecule has 0 radical (unpaired) electrons. The molecule has 2 aromatic heterocycles. The highest BCUT2D eigenvalue weighted by atomic mass is 16.3. The zero-order valence-electron chi connectivity index (χ0n) is 28.4. The number of hydrogen-bond acceptors (Lipinski definition) is 2. The van der Waals surface area contributed by atoms with Gasteiger partial charge in [0.05, 0.1) is 5.69 Å². The average Bonchev–Trinajstić information content (AvgIpc) is 3.34. The molecule has 0 bridgehead atoms. The van der Waals surface area contributed by atoms with Crippen LogP contribution in [0.25, 0.3) is 55.1 Å². The smallest absolute Gasteiger partial charge is 0.144 e. The highest BCUT2D eigenvalue weighted by molar-refractivity contribution is 6.17. The number of furan rings is 1. The van der Waals surface area contributed by atoms with Gasteiger partial charge in [0.15, 0.2) is 0 Å². The van der Waals surface area contributed by atoms with Gasteiger partial charge >= 0.3 is 0 Å². The first-order chi connectivity index (χ1) is 20.5. The van der Waals surface area contributed by atoms with Crippen molar-refractivity contribution in [2.75, 3.05) is 0 Å². The molecule has 0 aliphatic rings. The summed E-state index contributed by atoms with van der Waals surface area (Å²) in [6.07, 6.45) is -0.566. The Morgan fingerprint density at radius 1 is 0.750 bits per heavy atom. The van der Waals surface area contributed by atoms with Gasteiger partial charge in [-0.3, -0.25) is 4.98 Å². The van der Waals surface area contributed by atoms with E-state index in [-0.39, 0.29) is 27.8 Å². The number of fused-ring (bicyclic) bond motifs is 5. The van der Waals surface area contributed by atoms with E-state index in [2.05, 4.69) is 4.98 Å². The van der Waals surface area contributed by atoms with E-state index >= 15 is 0 Å². The zero-order chi connectivity index (χ0) is 31.8. The molecule has 0 amide bonds. The van der Waals surface area contributed by atoms with Crippen molar-refractivity contribution in [1.29, 1.82) is 0 Å². The predicted octanol–water partition coefficient (Wildman–Crippen LogP) is 9.67. The molecule has 0 unspecified atom stereocenters.